The number of rotatable bonds is 4. The predicted octanol–water partition coefficient (Wildman–Crippen LogP) is 4.44. The second-order valence-corrected chi connectivity index (χ2v) is 6.96. The van der Waals surface area contributed by atoms with E-state index < -0.39 is 44.0 Å². The second-order valence-electron chi connectivity index (χ2n) is 5.28. The van der Waals surface area contributed by atoms with Crippen molar-refractivity contribution in [2.75, 3.05) is 4.72 Å². The van der Waals surface area contributed by atoms with Crippen LogP contribution in [0.5, 0.6) is 0 Å². The van der Waals surface area contributed by atoms with Crippen LogP contribution in [0.4, 0.5) is 27.6 Å². The summed E-state index contributed by atoms with van der Waals surface area (Å²) in [5, 5.41) is 0. The fourth-order valence-electron chi connectivity index (χ4n) is 2.21. The van der Waals surface area contributed by atoms with Gasteiger partial charge in [0.15, 0.2) is 11.6 Å². The fraction of sp³-hybridized carbons (Fsp3) is 0.0625. The van der Waals surface area contributed by atoms with E-state index in [4.69, 9.17) is 4.42 Å². The number of benzene rings is 2. The number of sulfonamides is 1. The predicted molar refractivity (Wildman–Crippen MR) is 84.1 cm³/mol. The Morgan fingerprint density at radius 2 is 1.74 bits per heavy atom. The zero-order chi connectivity index (χ0) is 19.8. The van der Waals surface area contributed by atoms with E-state index in [2.05, 4.69) is 4.98 Å². The third kappa shape index (κ3) is 3.92. The second kappa shape index (κ2) is 6.65. The maximum atomic E-state index is 13.6. The lowest BCUT2D eigenvalue weighted by Crippen LogP contribution is -2.15. The first-order chi connectivity index (χ1) is 12.6. The molecule has 0 radical (unpaired) electrons. The zero-order valence-corrected chi connectivity index (χ0v) is 13.9. The van der Waals surface area contributed by atoms with Crippen molar-refractivity contribution in [3.05, 3.63) is 66.1 Å². The van der Waals surface area contributed by atoms with Crippen LogP contribution >= 0.6 is 0 Å². The number of halogens is 5. The molecule has 0 aliphatic heterocycles. The molecule has 0 saturated heterocycles. The molecule has 3 rings (SSSR count). The van der Waals surface area contributed by atoms with Crippen molar-refractivity contribution in [2.45, 2.75) is 11.1 Å². The van der Waals surface area contributed by atoms with E-state index in [9.17, 15) is 30.4 Å². The van der Waals surface area contributed by atoms with Crippen LogP contribution in [-0.2, 0) is 16.2 Å². The van der Waals surface area contributed by atoms with Gasteiger partial charge in [-0.05, 0) is 24.3 Å². The quantitative estimate of drug-likeness (QED) is 0.653. The Kier molecular flexibility index (Phi) is 4.64. The molecule has 0 amide bonds. The van der Waals surface area contributed by atoms with Crippen molar-refractivity contribution in [1.29, 1.82) is 0 Å². The van der Waals surface area contributed by atoms with E-state index in [1.807, 2.05) is 4.72 Å². The molecule has 0 unspecified atom stereocenters. The average Bonchev–Trinajstić information content (AvgIpc) is 3.11. The van der Waals surface area contributed by atoms with Crippen LogP contribution < -0.4 is 4.72 Å². The molecule has 0 aliphatic rings. The molecule has 11 heteroatoms. The molecule has 142 valence electrons. The number of nitrogens with zero attached hydrogens (tertiary/aromatic N) is 1. The molecule has 0 aliphatic carbocycles. The number of nitrogens with one attached hydrogen (secondary N) is 1. The van der Waals surface area contributed by atoms with E-state index in [0.29, 0.717) is 24.3 Å². The topological polar surface area (TPSA) is 72.2 Å². The Balaban J connectivity index is 2.06. The minimum Gasteiger partial charge on any atom is -0.444 e. The summed E-state index contributed by atoms with van der Waals surface area (Å²) in [6.07, 6.45) is -2.43. The number of hydrogen-bond acceptors (Lipinski definition) is 4. The van der Waals surface area contributed by atoms with Gasteiger partial charge in [0, 0.05) is 6.07 Å². The molecular formula is C16H9F5N2O3S. The van der Waals surface area contributed by atoms with E-state index in [0.717, 1.165) is 18.4 Å². The molecule has 1 aromatic heterocycles. The highest BCUT2D eigenvalue weighted by Gasteiger charge is 2.32. The summed E-state index contributed by atoms with van der Waals surface area (Å²) in [4.78, 5) is 3.02. The van der Waals surface area contributed by atoms with Crippen LogP contribution in [-0.4, -0.2) is 13.4 Å². The van der Waals surface area contributed by atoms with Gasteiger partial charge in [-0.1, -0.05) is 6.07 Å². The first kappa shape index (κ1) is 18.8. The number of anilines is 1. The van der Waals surface area contributed by atoms with Gasteiger partial charge in [0.2, 0.25) is 5.89 Å². The smallest absolute Gasteiger partial charge is 0.416 e. The largest absolute Gasteiger partial charge is 0.444 e. The molecule has 3 aromatic rings. The molecule has 0 atom stereocenters. The number of alkyl halides is 3. The molecule has 1 N–H and O–H groups in total. The molecular weight excluding hydrogens is 395 g/mol. The van der Waals surface area contributed by atoms with Gasteiger partial charge >= 0.3 is 6.18 Å². The minimum atomic E-state index is -4.75. The summed E-state index contributed by atoms with van der Waals surface area (Å²) < 4.78 is 97.3. The summed E-state index contributed by atoms with van der Waals surface area (Å²) in [5.74, 6) is -2.87. The van der Waals surface area contributed by atoms with Crippen molar-refractivity contribution in [2.24, 2.45) is 0 Å². The highest BCUT2D eigenvalue weighted by atomic mass is 32.2. The Bertz CT molecular complexity index is 1080. The lowest BCUT2D eigenvalue weighted by molar-refractivity contribution is -0.137. The standard InChI is InChI=1S/C16H9F5N2O3S/c17-12-7-11(15-22-4-5-26-15)14(8-13(12)18)23-27(24,25)10-3-1-2-9(6-10)16(19,20)21/h1-8,23H. The average molecular weight is 404 g/mol. The monoisotopic (exact) mass is 404 g/mol. The molecule has 0 saturated carbocycles. The Labute approximate surface area is 149 Å². The third-order valence-electron chi connectivity index (χ3n) is 3.44. The van der Waals surface area contributed by atoms with Crippen LogP contribution in [0.15, 0.2) is 58.2 Å². The van der Waals surface area contributed by atoms with Crippen LogP contribution in [0.2, 0.25) is 0 Å². The van der Waals surface area contributed by atoms with Gasteiger partial charge in [-0.3, -0.25) is 4.72 Å². The molecule has 0 spiro atoms. The summed E-state index contributed by atoms with van der Waals surface area (Å²) in [5.41, 5.74) is -1.85. The first-order valence-corrected chi connectivity index (χ1v) is 8.65. The van der Waals surface area contributed by atoms with Crippen LogP contribution in [0.1, 0.15) is 5.56 Å². The van der Waals surface area contributed by atoms with Crippen molar-refractivity contribution < 1.29 is 34.8 Å². The summed E-state index contributed by atoms with van der Waals surface area (Å²) in [6, 6.07) is 4.17. The van der Waals surface area contributed by atoms with E-state index >= 15 is 0 Å². The maximum Gasteiger partial charge on any atom is 0.416 e. The van der Waals surface area contributed by atoms with Gasteiger partial charge in [0.05, 0.1) is 27.9 Å². The lowest BCUT2D eigenvalue weighted by atomic mass is 10.1. The summed E-state index contributed by atoms with van der Waals surface area (Å²) >= 11 is 0. The van der Waals surface area contributed by atoms with Crippen LogP contribution in [0.25, 0.3) is 11.5 Å². The highest BCUT2D eigenvalue weighted by Crippen LogP contribution is 2.33. The maximum absolute atomic E-state index is 13.6. The molecule has 5 nitrogen and oxygen atoms in total. The van der Waals surface area contributed by atoms with Crippen molar-refractivity contribution in [3.63, 3.8) is 0 Å². The molecule has 27 heavy (non-hydrogen) atoms. The summed E-state index contributed by atoms with van der Waals surface area (Å²) in [7, 11) is -4.55. The number of hydrogen-bond donors (Lipinski definition) is 1. The molecule has 0 bridgehead atoms. The van der Waals surface area contributed by atoms with Gasteiger partial charge in [-0.15, -0.1) is 0 Å². The zero-order valence-electron chi connectivity index (χ0n) is 13.1. The molecule has 0 fully saturated rings. The molecule has 1 heterocycles. The Hall–Kier alpha value is -2.95. The first-order valence-electron chi connectivity index (χ1n) is 7.17. The summed E-state index contributed by atoms with van der Waals surface area (Å²) in [6.45, 7) is 0. The van der Waals surface area contributed by atoms with Gasteiger partial charge in [0.25, 0.3) is 10.0 Å². The van der Waals surface area contributed by atoms with Crippen molar-refractivity contribution >= 4 is 15.7 Å². The SMILES string of the molecule is O=S(=O)(Nc1cc(F)c(F)cc1-c1ncco1)c1cccc(C(F)(F)F)c1. The van der Waals surface area contributed by atoms with Crippen molar-refractivity contribution in [1.82, 2.24) is 4.98 Å². The lowest BCUT2D eigenvalue weighted by Gasteiger charge is -2.13. The van der Waals surface area contributed by atoms with E-state index in [-0.39, 0.29) is 11.5 Å². The normalized spacial score (nSPS) is 12.2. The number of aromatic nitrogens is 1. The third-order valence-corrected chi connectivity index (χ3v) is 4.80. The van der Waals surface area contributed by atoms with E-state index in [1.165, 1.54) is 6.20 Å². The highest BCUT2D eigenvalue weighted by molar-refractivity contribution is 7.92. The Morgan fingerprint density at radius 3 is 2.37 bits per heavy atom. The Morgan fingerprint density at radius 1 is 1.04 bits per heavy atom. The van der Waals surface area contributed by atoms with Gasteiger partial charge in [-0.25, -0.2) is 22.2 Å². The van der Waals surface area contributed by atoms with E-state index in [1.54, 1.807) is 0 Å². The molecule has 2 aromatic carbocycles. The van der Waals surface area contributed by atoms with Gasteiger partial charge < -0.3 is 4.42 Å². The van der Waals surface area contributed by atoms with Crippen molar-refractivity contribution in [3.8, 4) is 11.5 Å². The van der Waals surface area contributed by atoms with Gasteiger partial charge in [0.1, 0.15) is 6.26 Å². The number of oxazole rings is 1. The fourth-order valence-corrected chi connectivity index (χ4v) is 3.32. The van der Waals surface area contributed by atoms with Crippen LogP contribution in [0.3, 0.4) is 0 Å². The van der Waals surface area contributed by atoms with Gasteiger partial charge in [-0.2, -0.15) is 13.2 Å². The van der Waals surface area contributed by atoms with Crippen LogP contribution in [0, 0.1) is 11.6 Å². The minimum absolute atomic E-state index is 0.212.